The van der Waals surface area contributed by atoms with Gasteiger partial charge in [0.25, 0.3) is 0 Å². The minimum Gasteiger partial charge on any atom is -0.454 e. The van der Waals surface area contributed by atoms with Gasteiger partial charge in [-0.15, -0.1) is 0 Å². The molecule has 0 fully saturated rings. The van der Waals surface area contributed by atoms with Crippen molar-refractivity contribution in [3.05, 3.63) is 0 Å². The maximum atomic E-state index is 11.5. The zero-order valence-corrected chi connectivity index (χ0v) is 12.5. The maximum Gasteiger partial charge on any atom is 0.307 e. The topological polar surface area (TPSA) is 102 Å². The molecule has 0 heterocycles. The van der Waals surface area contributed by atoms with Crippen LogP contribution in [0.25, 0.3) is 0 Å². The number of ether oxygens (including phenoxy) is 2. The molecule has 0 aliphatic carbocycles. The van der Waals surface area contributed by atoms with E-state index in [1.165, 1.54) is 0 Å². The summed E-state index contributed by atoms with van der Waals surface area (Å²) in [6, 6.07) is 0. The van der Waals surface area contributed by atoms with Crippen LogP contribution < -0.4 is 5.32 Å². The second-order valence-corrected chi connectivity index (χ2v) is 4.32. The average molecular weight is 307 g/mol. The molecular formula is C12H21NO6S. The molecule has 2 unspecified atom stereocenters. The molecular weight excluding hydrogens is 286 g/mol. The summed E-state index contributed by atoms with van der Waals surface area (Å²) in [6.07, 6.45) is -2.03. The third-order valence-corrected chi connectivity index (χ3v) is 2.50. The van der Waals surface area contributed by atoms with E-state index in [0.717, 1.165) is 0 Å². The van der Waals surface area contributed by atoms with Crippen LogP contribution in [0.4, 0.5) is 0 Å². The zero-order valence-electron chi connectivity index (χ0n) is 11.6. The Kier molecular flexibility index (Phi) is 9.83. The van der Waals surface area contributed by atoms with Crippen molar-refractivity contribution in [2.24, 2.45) is 0 Å². The molecule has 1 amide bonds. The highest BCUT2D eigenvalue weighted by Gasteiger charge is 2.29. The second-order valence-electron chi connectivity index (χ2n) is 3.87. The van der Waals surface area contributed by atoms with E-state index in [1.54, 1.807) is 13.8 Å². The molecule has 0 aliphatic rings. The standard InChI is InChI=1S/C12H21NO6S/c1-3-10(16)18-8(7-14)12(19-11(17)4-2)13-9(15)5-6-20/h8,12,14,20H,3-7H2,1-2H3,(H,13,15). The van der Waals surface area contributed by atoms with Gasteiger partial charge in [-0.3, -0.25) is 14.4 Å². The third-order valence-electron chi connectivity index (χ3n) is 2.28. The summed E-state index contributed by atoms with van der Waals surface area (Å²) < 4.78 is 9.92. The molecule has 0 saturated heterocycles. The minimum absolute atomic E-state index is 0.0960. The van der Waals surface area contributed by atoms with Gasteiger partial charge in [-0.2, -0.15) is 12.6 Å². The molecule has 116 valence electrons. The molecule has 0 aromatic rings. The highest BCUT2D eigenvalue weighted by atomic mass is 32.1. The summed E-state index contributed by atoms with van der Waals surface area (Å²) in [6.45, 7) is 2.60. The number of thiol groups is 1. The van der Waals surface area contributed by atoms with E-state index in [-0.39, 0.29) is 19.3 Å². The fraction of sp³-hybridized carbons (Fsp3) is 0.750. The number of carbonyl (C=O) groups is 3. The Balaban J connectivity index is 4.80. The molecule has 0 aliphatic heterocycles. The predicted molar refractivity (Wildman–Crippen MR) is 74.0 cm³/mol. The van der Waals surface area contributed by atoms with Gasteiger partial charge in [0.2, 0.25) is 12.1 Å². The molecule has 0 rings (SSSR count). The number of carbonyl (C=O) groups excluding carboxylic acids is 3. The summed E-state index contributed by atoms with van der Waals surface area (Å²) in [4.78, 5) is 34.1. The van der Waals surface area contributed by atoms with E-state index in [9.17, 15) is 19.5 Å². The molecule has 0 spiro atoms. The minimum atomic E-state index is -1.21. The van der Waals surface area contributed by atoms with Crippen LogP contribution >= 0.6 is 12.6 Å². The Labute approximate surface area is 123 Å². The van der Waals surface area contributed by atoms with Crippen LogP contribution in [0.3, 0.4) is 0 Å². The van der Waals surface area contributed by atoms with Gasteiger partial charge in [-0.25, -0.2) is 0 Å². The Hall–Kier alpha value is -1.28. The first kappa shape index (κ1) is 18.7. The van der Waals surface area contributed by atoms with Crippen LogP contribution in [0.15, 0.2) is 0 Å². The summed E-state index contributed by atoms with van der Waals surface area (Å²) in [5, 5.41) is 11.6. The number of esters is 2. The lowest BCUT2D eigenvalue weighted by atomic mass is 10.3. The van der Waals surface area contributed by atoms with Crippen molar-refractivity contribution in [2.75, 3.05) is 12.4 Å². The van der Waals surface area contributed by atoms with Crippen LogP contribution in [-0.4, -0.2) is 47.6 Å². The lowest BCUT2D eigenvalue weighted by Crippen LogP contribution is -2.49. The highest BCUT2D eigenvalue weighted by molar-refractivity contribution is 7.80. The molecule has 2 atom stereocenters. The quantitative estimate of drug-likeness (QED) is 0.315. The van der Waals surface area contributed by atoms with Crippen LogP contribution in [0, 0.1) is 0 Å². The van der Waals surface area contributed by atoms with Crippen molar-refractivity contribution in [3.63, 3.8) is 0 Å². The van der Waals surface area contributed by atoms with Crippen molar-refractivity contribution in [1.82, 2.24) is 5.32 Å². The molecule has 0 aromatic carbocycles. The van der Waals surface area contributed by atoms with E-state index in [4.69, 9.17) is 9.47 Å². The molecule has 2 N–H and O–H groups in total. The van der Waals surface area contributed by atoms with Crippen LogP contribution in [0.1, 0.15) is 33.1 Å². The number of hydrogen-bond donors (Lipinski definition) is 3. The van der Waals surface area contributed by atoms with Gasteiger partial charge in [-0.1, -0.05) is 13.8 Å². The normalized spacial score (nSPS) is 13.2. The van der Waals surface area contributed by atoms with Crippen molar-refractivity contribution in [2.45, 2.75) is 45.4 Å². The van der Waals surface area contributed by atoms with Crippen LogP contribution in [-0.2, 0) is 23.9 Å². The predicted octanol–water partition coefficient (Wildman–Crippen LogP) is 0.0159. The van der Waals surface area contributed by atoms with Crippen LogP contribution in [0.5, 0.6) is 0 Å². The van der Waals surface area contributed by atoms with Gasteiger partial charge in [0.15, 0.2) is 6.10 Å². The number of rotatable bonds is 9. The summed E-state index contributed by atoms with van der Waals surface area (Å²) in [5.41, 5.74) is 0. The van der Waals surface area contributed by atoms with Crippen molar-refractivity contribution in [1.29, 1.82) is 0 Å². The fourth-order valence-electron chi connectivity index (χ4n) is 1.20. The van der Waals surface area contributed by atoms with Gasteiger partial charge >= 0.3 is 11.9 Å². The van der Waals surface area contributed by atoms with Gasteiger partial charge < -0.3 is 19.9 Å². The maximum absolute atomic E-state index is 11.5. The van der Waals surface area contributed by atoms with E-state index in [1.807, 2.05) is 0 Å². The number of hydrogen-bond acceptors (Lipinski definition) is 7. The van der Waals surface area contributed by atoms with E-state index in [2.05, 4.69) is 17.9 Å². The number of aliphatic hydroxyl groups excluding tert-OH is 1. The van der Waals surface area contributed by atoms with Gasteiger partial charge in [-0.05, 0) is 5.75 Å². The fourth-order valence-corrected chi connectivity index (χ4v) is 1.41. The lowest BCUT2D eigenvalue weighted by molar-refractivity contribution is -0.175. The van der Waals surface area contributed by atoms with E-state index >= 15 is 0 Å². The lowest BCUT2D eigenvalue weighted by Gasteiger charge is -2.26. The first-order valence-corrected chi connectivity index (χ1v) is 7.01. The molecule has 0 saturated carbocycles. The first-order chi connectivity index (χ1) is 9.48. The zero-order chi connectivity index (χ0) is 15.5. The molecule has 0 radical (unpaired) electrons. The number of amides is 1. The summed E-state index contributed by atoms with van der Waals surface area (Å²) in [5.74, 6) is -1.24. The highest BCUT2D eigenvalue weighted by Crippen LogP contribution is 2.06. The van der Waals surface area contributed by atoms with Crippen LogP contribution in [0.2, 0.25) is 0 Å². The Bertz CT molecular complexity index is 336. The van der Waals surface area contributed by atoms with Crippen molar-refractivity contribution in [3.8, 4) is 0 Å². The SMILES string of the molecule is CCC(=O)OC(CO)C(NC(=O)CCS)OC(=O)CC. The van der Waals surface area contributed by atoms with Gasteiger partial charge in [0, 0.05) is 19.3 Å². The number of aliphatic hydroxyl groups is 1. The van der Waals surface area contributed by atoms with E-state index in [0.29, 0.717) is 5.75 Å². The molecule has 20 heavy (non-hydrogen) atoms. The Morgan fingerprint density at radius 2 is 1.70 bits per heavy atom. The first-order valence-electron chi connectivity index (χ1n) is 6.38. The van der Waals surface area contributed by atoms with Gasteiger partial charge in [0.1, 0.15) is 0 Å². The third kappa shape index (κ3) is 7.34. The van der Waals surface area contributed by atoms with E-state index < -0.39 is 36.8 Å². The average Bonchev–Trinajstić information content (AvgIpc) is 2.43. The molecule has 0 aromatic heterocycles. The van der Waals surface area contributed by atoms with Crippen molar-refractivity contribution < 1.29 is 29.0 Å². The molecule has 7 nitrogen and oxygen atoms in total. The number of nitrogens with one attached hydrogen (secondary N) is 1. The monoisotopic (exact) mass is 307 g/mol. The molecule has 8 heteroatoms. The molecule has 0 bridgehead atoms. The Morgan fingerprint density at radius 3 is 2.15 bits per heavy atom. The van der Waals surface area contributed by atoms with Crippen molar-refractivity contribution >= 4 is 30.5 Å². The smallest absolute Gasteiger partial charge is 0.307 e. The summed E-state index contributed by atoms with van der Waals surface area (Å²) in [7, 11) is 0. The Morgan fingerprint density at radius 1 is 1.15 bits per heavy atom. The van der Waals surface area contributed by atoms with Gasteiger partial charge in [0.05, 0.1) is 6.61 Å². The summed E-state index contributed by atoms with van der Waals surface area (Å²) >= 11 is 3.91. The second kappa shape index (κ2) is 10.5. The largest absolute Gasteiger partial charge is 0.454 e.